The molecule has 0 saturated carbocycles. The molecule has 1 aromatic carbocycles. The van der Waals surface area contributed by atoms with Crippen molar-refractivity contribution in [3.05, 3.63) is 36.2 Å². The zero-order valence-electron chi connectivity index (χ0n) is 12.9. The van der Waals surface area contributed by atoms with E-state index >= 15 is 0 Å². The van der Waals surface area contributed by atoms with Crippen molar-refractivity contribution in [2.75, 3.05) is 19.5 Å². The maximum atomic E-state index is 5.98. The van der Waals surface area contributed by atoms with Gasteiger partial charge >= 0.3 is 0 Å². The first-order valence-corrected chi connectivity index (χ1v) is 7.04. The highest BCUT2D eigenvalue weighted by Crippen LogP contribution is 2.37. The quantitative estimate of drug-likeness (QED) is 0.875. The maximum absolute atomic E-state index is 5.98. The minimum absolute atomic E-state index is 0.410. The van der Waals surface area contributed by atoms with Crippen molar-refractivity contribution in [1.29, 1.82) is 0 Å². The summed E-state index contributed by atoms with van der Waals surface area (Å²) >= 11 is 0. The van der Waals surface area contributed by atoms with E-state index < -0.39 is 0 Å². The van der Waals surface area contributed by atoms with Crippen molar-refractivity contribution in [2.24, 2.45) is 0 Å². The van der Waals surface area contributed by atoms with Gasteiger partial charge in [-0.3, -0.25) is 0 Å². The molecule has 0 bridgehead atoms. The number of nitrogens with zero attached hydrogens (tertiary/aromatic N) is 2. The third-order valence-corrected chi connectivity index (χ3v) is 3.48. The SMILES string of the molecule is CCC(C)c1ccccc1Oc1ncnc(NC)c1OC. The molecule has 0 aliphatic carbocycles. The Labute approximate surface area is 125 Å². The van der Waals surface area contributed by atoms with Crippen LogP contribution < -0.4 is 14.8 Å². The molecule has 1 aromatic heterocycles. The maximum Gasteiger partial charge on any atom is 0.268 e. The van der Waals surface area contributed by atoms with Crippen LogP contribution in [-0.2, 0) is 0 Å². The normalized spacial score (nSPS) is 11.8. The first-order chi connectivity index (χ1) is 10.2. The molecule has 0 aliphatic rings. The predicted octanol–water partition coefficient (Wildman–Crippen LogP) is 3.83. The monoisotopic (exact) mass is 287 g/mol. The summed E-state index contributed by atoms with van der Waals surface area (Å²) in [5, 5.41) is 2.97. The van der Waals surface area contributed by atoms with E-state index in [1.807, 2.05) is 18.2 Å². The van der Waals surface area contributed by atoms with Gasteiger partial charge in [0.2, 0.25) is 5.75 Å². The molecule has 1 heterocycles. The van der Waals surface area contributed by atoms with Gasteiger partial charge in [-0.15, -0.1) is 0 Å². The number of para-hydroxylation sites is 1. The summed E-state index contributed by atoms with van der Waals surface area (Å²) in [6.45, 7) is 4.34. The van der Waals surface area contributed by atoms with Crippen LogP contribution in [0.3, 0.4) is 0 Å². The molecule has 0 radical (unpaired) electrons. The number of methoxy groups -OCH3 is 1. The molecule has 112 valence electrons. The van der Waals surface area contributed by atoms with Crippen LogP contribution >= 0.6 is 0 Å². The predicted molar refractivity (Wildman–Crippen MR) is 83.4 cm³/mol. The van der Waals surface area contributed by atoms with Gasteiger partial charge in [-0.25, -0.2) is 4.98 Å². The zero-order chi connectivity index (χ0) is 15.2. The molecule has 0 spiro atoms. The highest BCUT2D eigenvalue weighted by Gasteiger charge is 2.16. The number of anilines is 1. The summed E-state index contributed by atoms with van der Waals surface area (Å²) in [7, 11) is 3.36. The molecule has 2 aromatic rings. The van der Waals surface area contributed by atoms with E-state index in [0.29, 0.717) is 23.4 Å². The lowest BCUT2D eigenvalue weighted by atomic mass is 9.98. The Kier molecular flexibility index (Phi) is 4.98. The molecule has 2 rings (SSSR count). The minimum Gasteiger partial charge on any atom is -0.489 e. The smallest absolute Gasteiger partial charge is 0.268 e. The molecule has 5 heteroatoms. The average Bonchev–Trinajstić information content (AvgIpc) is 2.54. The molecule has 1 atom stereocenters. The molecular formula is C16H21N3O2. The summed E-state index contributed by atoms with van der Waals surface area (Å²) in [5.74, 6) is 2.72. The first kappa shape index (κ1) is 15.1. The van der Waals surface area contributed by atoms with E-state index in [9.17, 15) is 0 Å². The zero-order valence-corrected chi connectivity index (χ0v) is 12.9. The van der Waals surface area contributed by atoms with Crippen LogP contribution in [0.25, 0.3) is 0 Å². The van der Waals surface area contributed by atoms with Crippen molar-refractivity contribution >= 4 is 5.82 Å². The third kappa shape index (κ3) is 3.24. The van der Waals surface area contributed by atoms with Crippen molar-refractivity contribution in [3.63, 3.8) is 0 Å². The van der Waals surface area contributed by atoms with E-state index in [0.717, 1.165) is 17.7 Å². The van der Waals surface area contributed by atoms with Gasteiger partial charge in [0, 0.05) is 7.05 Å². The average molecular weight is 287 g/mol. The van der Waals surface area contributed by atoms with Gasteiger partial charge in [0.1, 0.15) is 12.1 Å². The number of ether oxygens (including phenoxy) is 2. The number of hydrogen-bond acceptors (Lipinski definition) is 5. The van der Waals surface area contributed by atoms with Crippen molar-refractivity contribution < 1.29 is 9.47 Å². The van der Waals surface area contributed by atoms with Gasteiger partial charge in [-0.1, -0.05) is 32.0 Å². The molecule has 1 unspecified atom stereocenters. The van der Waals surface area contributed by atoms with Crippen LogP contribution in [0.4, 0.5) is 5.82 Å². The summed E-state index contributed by atoms with van der Waals surface area (Å²) < 4.78 is 11.3. The van der Waals surface area contributed by atoms with Crippen LogP contribution in [0.1, 0.15) is 31.7 Å². The van der Waals surface area contributed by atoms with Crippen LogP contribution in [-0.4, -0.2) is 24.1 Å². The molecule has 1 N–H and O–H groups in total. The van der Waals surface area contributed by atoms with Crippen LogP contribution in [0, 0.1) is 0 Å². The van der Waals surface area contributed by atoms with Gasteiger partial charge in [-0.05, 0) is 24.0 Å². The fourth-order valence-electron chi connectivity index (χ4n) is 2.10. The van der Waals surface area contributed by atoms with Crippen LogP contribution in [0.2, 0.25) is 0 Å². The lowest BCUT2D eigenvalue weighted by Crippen LogP contribution is -2.02. The van der Waals surface area contributed by atoms with Crippen molar-refractivity contribution in [2.45, 2.75) is 26.2 Å². The number of nitrogens with one attached hydrogen (secondary N) is 1. The Morgan fingerprint density at radius 2 is 2.00 bits per heavy atom. The van der Waals surface area contributed by atoms with E-state index in [4.69, 9.17) is 9.47 Å². The minimum atomic E-state index is 0.410. The summed E-state index contributed by atoms with van der Waals surface area (Å²) in [5.41, 5.74) is 1.16. The number of hydrogen-bond donors (Lipinski definition) is 1. The van der Waals surface area contributed by atoms with E-state index in [2.05, 4.69) is 35.2 Å². The molecular weight excluding hydrogens is 266 g/mol. The lowest BCUT2D eigenvalue weighted by Gasteiger charge is -2.16. The Hall–Kier alpha value is -2.30. The van der Waals surface area contributed by atoms with Crippen molar-refractivity contribution in [3.8, 4) is 17.4 Å². The molecule has 0 fully saturated rings. The lowest BCUT2D eigenvalue weighted by molar-refractivity contribution is 0.367. The first-order valence-electron chi connectivity index (χ1n) is 7.04. The third-order valence-electron chi connectivity index (χ3n) is 3.48. The van der Waals surface area contributed by atoms with E-state index in [-0.39, 0.29) is 0 Å². The number of rotatable bonds is 6. The van der Waals surface area contributed by atoms with E-state index in [1.165, 1.54) is 6.33 Å². The van der Waals surface area contributed by atoms with Gasteiger partial charge in [-0.2, -0.15) is 4.98 Å². The number of benzene rings is 1. The molecule has 0 aliphatic heterocycles. The molecule has 21 heavy (non-hydrogen) atoms. The second kappa shape index (κ2) is 6.92. The highest BCUT2D eigenvalue weighted by atomic mass is 16.5. The molecule has 0 amide bonds. The molecule has 0 saturated heterocycles. The van der Waals surface area contributed by atoms with Gasteiger partial charge < -0.3 is 14.8 Å². The fraction of sp³-hybridized carbons (Fsp3) is 0.375. The standard InChI is InChI=1S/C16H21N3O2/c1-5-11(2)12-8-6-7-9-13(12)21-16-14(20-4)15(17-3)18-10-19-16/h6-11H,5H2,1-4H3,(H,17,18,19). The fourth-order valence-corrected chi connectivity index (χ4v) is 2.10. The Bertz CT molecular complexity index is 602. The van der Waals surface area contributed by atoms with Crippen LogP contribution in [0.5, 0.6) is 17.4 Å². The second-order valence-corrected chi connectivity index (χ2v) is 4.76. The van der Waals surface area contributed by atoms with Gasteiger partial charge in [0.25, 0.3) is 5.88 Å². The highest BCUT2D eigenvalue weighted by molar-refractivity contribution is 5.55. The summed E-state index contributed by atoms with van der Waals surface area (Å²) in [4.78, 5) is 8.30. The summed E-state index contributed by atoms with van der Waals surface area (Å²) in [6.07, 6.45) is 2.50. The molecule has 5 nitrogen and oxygen atoms in total. The van der Waals surface area contributed by atoms with Gasteiger partial charge in [0.05, 0.1) is 7.11 Å². The van der Waals surface area contributed by atoms with Crippen molar-refractivity contribution in [1.82, 2.24) is 9.97 Å². The van der Waals surface area contributed by atoms with E-state index in [1.54, 1.807) is 14.2 Å². The Morgan fingerprint density at radius 3 is 2.67 bits per heavy atom. The Morgan fingerprint density at radius 1 is 1.24 bits per heavy atom. The van der Waals surface area contributed by atoms with Gasteiger partial charge in [0.15, 0.2) is 5.82 Å². The largest absolute Gasteiger partial charge is 0.489 e. The second-order valence-electron chi connectivity index (χ2n) is 4.76. The number of aromatic nitrogens is 2. The van der Waals surface area contributed by atoms with Crippen LogP contribution in [0.15, 0.2) is 30.6 Å². The Balaban J connectivity index is 2.39. The topological polar surface area (TPSA) is 56.3 Å². The summed E-state index contributed by atoms with van der Waals surface area (Å²) in [6, 6.07) is 8.00.